The molecule has 2 rings (SSSR count). The van der Waals surface area contributed by atoms with Crippen LogP contribution >= 0.6 is 0 Å². The zero-order chi connectivity index (χ0) is 10.7. The van der Waals surface area contributed by atoms with Crippen LogP contribution in [0.2, 0.25) is 0 Å². The quantitative estimate of drug-likeness (QED) is 0.735. The summed E-state index contributed by atoms with van der Waals surface area (Å²) in [6, 6.07) is 0.405. The van der Waals surface area contributed by atoms with Gasteiger partial charge in [0.15, 0.2) is 0 Å². The van der Waals surface area contributed by atoms with E-state index in [-0.39, 0.29) is 6.10 Å². The number of hydrogen-bond acceptors (Lipinski definition) is 3. The van der Waals surface area contributed by atoms with Crippen molar-refractivity contribution in [3.05, 3.63) is 0 Å². The Hall–Kier alpha value is -0.120. The molecule has 2 N–H and O–H groups in total. The molecule has 1 unspecified atom stereocenters. The minimum atomic E-state index is -0.105. The van der Waals surface area contributed by atoms with Crippen molar-refractivity contribution in [3.8, 4) is 0 Å². The molecule has 2 aliphatic rings. The molecule has 0 bridgehead atoms. The van der Waals surface area contributed by atoms with E-state index < -0.39 is 0 Å². The largest absolute Gasteiger partial charge is 0.396 e. The summed E-state index contributed by atoms with van der Waals surface area (Å²) in [5.74, 6) is 0.657. The number of aliphatic hydroxyl groups is 2. The number of aliphatic hydroxyl groups excluding tert-OH is 2. The molecule has 15 heavy (non-hydrogen) atoms. The molecule has 1 saturated heterocycles. The molecule has 1 aliphatic heterocycles. The van der Waals surface area contributed by atoms with Gasteiger partial charge >= 0.3 is 0 Å². The van der Waals surface area contributed by atoms with Crippen LogP contribution in [-0.2, 0) is 0 Å². The van der Waals surface area contributed by atoms with E-state index in [0.717, 1.165) is 32.4 Å². The molecular formula is C12H23NO2. The van der Waals surface area contributed by atoms with E-state index in [0.29, 0.717) is 18.6 Å². The van der Waals surface area contributed by atoms with Crippen molar-refractivity contribution < 1.29 is 10.2 Å². The lowest BCUT2D eigenvalue weighted by molar-refractivity contribution is 0.0290. The fourth-order valence-electron chi connectivity index (χ4n) is 3.10. The number of rotatable bonds is 3. The highest BCUT2D eigenvalue weighted by Crippen LogP contribution is 2.28. The van der Waals surface area contributed by atoms with Crippen LogP contribution in [0.1, 0.15) is 38.5 Å². The Bertz CT molecular complexity index is 198. The van der Waals surface area contributed by atoms with E-state index in [4.69, 9.17) is 5.11 Å². The average molecular weight is 213 g/mol. The lowest BCUT2D eigenvalue weighted by atomic mass is 9.91. The summed E-state index contributed by atoms with van der Waals surface area (Å²) in [5.41, 5.74) is 0. The topological polar surface area (TPSA) is 43.7 Å². The van der Waals surface area contributed by atoms with Crippen LogP contribution in [0.25, 0.3) is 0 Å². The van der Waals surface area contributed by atoms with Crippen LogP contribution in [0.4, 0.5) is 0 Å². The van der Waals surface area contributed by atoms with Gasteiger partial charge in [-0.3, -0.25) is 4.90 Å². The maximum Gasteiger partial charge on any atom is 0.0695 e. The van der Waals surface area contributed by atoms with Gasteiger partial charge < -0.3 is 10.2 Å². The summed E-state index contributed by atoms with van der Waals surface area (Å²) in [5, 5.41) is 18.9. The Morgan fingerprint density at radius 2 is 1.93 bits per heavy atom. The minimum absolute atomic E-state index is 0.105. The molecule has 0 aromatic heterocycles. The maximum absolute atomic E-state index is 9.95. The third-order valence-corrected chi connectivity index (χ3v) is 4.02. The van der Waals surface area contributed by atoms with Crippen molar-refractivity contribution in [1.82, 2.24) is 4.90 Å². The van der Waals surface area contributed by atoms with E-state index in [2.05, 4.69) is 4.90 Å². The third kappa shape index (κ3) is 2.71. The molecule has 0 spiro atoms. The standard InChI is InChI=1S/C12H23NO2/c14-8-6-10-5-7-13(9-10)11-3-1-2-4-12(11)15/h10-12,14-15H,1-9H2/t10?,11-,12-/m0/s1. The summed E-state index contributed by atoms with van der Waals surface area (Å²) in [7, 11) is 0. The summed E-state index contributed by atoms with van der Waals surface area (Å²) >= 11 is 0. The van der Waals surface area contributed by atoms with Crippen molar-refractivity contribution in [3.63, 3.8) is 0 Å². The van der Waals surface area contributed by atoms with Gasteiger partial charge in [-0.05, 0) is 38.1 Å². The molecular weight excluding hydrogens is 190 g/mol. The maximum atomic E-state index is 9.95. The first-order valence-corrected chi connectivity index (χ1v) is 6.34. The molecule has 1 aliphatic carbocycles. The molecule has 0 radical (unpaired) electrons. The fraction of sp³-hybridized carbons (Fsp3) is 1.00. The first-order valence-electron chi connectivity index (χ1n) is 6.34. The van der Waals surface area contributed by atoms with Crippen LogP contribution < -0.4 is 0 Å². The van der Waals surface area contributed by atoms with E-state index in [1.54, 1.807) is 0 Å². The molecule has 0 amide bonds. The number of nitrogens with zero attached hydrogens (tertiary/aromatic N) is 1. The van der Waals surface area contributed by atoms with Gasteiger partial charge in [0.05, 0.1) is 6.10 Å². The molecule has 3 heteroatoms. The predicted molar refractivity (Wildman–Crippen MR) is 59.6 cm³/mol. The Balaban J connectivity index is 1.83. The van der Waals surface area contributed by atoms with Gasteiger partial charge in [0.2, 0.25) is 0 Å². The summed E-state index contributed by atoms with van der Waals surface area (Å²) in [4.78, 5) is 2.45. The summed E-state index contributed by atoms with van der Waals surface area (Å²) in [6.45, 7) is 2.51. The van der Waals surface area contributed by atoms with Crippen LogP contribution in [0.5, 0.6) is 0 Å². The van der Waals surface area contributed by atoms with Crippen LogP contribution in [-0.4, -0.2) is 47.0 Å². The Morgan fingerprint density at radius 3 is 2.67 bits per heavy atom. The molecule has 0 aromatic rings. The molecule has 3 nitrogen and oxygen atoms in total. The lowest BCUT2D eigenvalue weighted by Crippen LogP contribution is -2.44. The molecule has 0 aromatic carbocycles. The summed E-state index contributed by atoms with van der Waals surface area (Å²) in [6.07, 6.45) is 6.61. The van der Waals surface area contributed by atoms with Gasteiger partial charge in [-0.15, -0.1) is 0 Å². The fourth-order valence-corrected chi connectivity index (χ4v) is 3.10. The third-order valence-electron chi connectivity index (χ3n) is 4.02. The number of likely N-dealkylation sites (tertiary alicyclic amines) is 1. The molecule has 3 atom stereocenters. The van der Waals surface area contributed by atoms with Crippen molar-refractivity contribution in [2.75, 3.05) is 19.7 Å². The monoisotopic (exact) mass is 213 g/mol. The molecule has 88 valence electrons. The average Bonchev–Trinajstić information content (AvgIpc) is 2.68. The minimum Gasteiger partial charge on any atom is -0.396 e. The first kappa shape index (κ1) is 11.4. The van der Waals surface area contributed by atoms with Gasteiger partial charge in [-0.1, -0.05) is 12.8 Å². The van der Waals surface area contributed by atoms with E-state index in [1.807, 2.05) is 0 Å². The highest BCUT2D eigenvalue weighted by molar-refractivity contribution is 4.87. The van der Waals surface area contributed by atoms with Crippen LogP contribution in [0.3, 0.4) is 0 Å². The zero-order valence-corrected chi connectivity index (χ0v) is 9.44. The van der Waals surface area contributed by atoms with E-state index >= 15 is 0 Å². The molecule has 1 heterocycles. The van der Waals surface area contributed by atoms with Gasteiger partial charge in [0, 0.05) is 19.2 Å². The van der Waals surface area contributed by atoms with Gasteiger partial charge in [0.25, 0.3) is 0 Å². The van der Waals surface area contributed by atoms with Crippen LogP contribution in [0, 0.1) is 5.92 Å². The summed E-state index contributed by atoms with van der Waals surface area (Å²) < 4.78 is 0. The number of hydrogen-bond donors (Lipinski definition) is 2. The normalized spacial score (nSPS) is 38.4. The second kappa shape index (κ2) is 5.28. The molecule has 2 fully saturated rings. The van der Waals surface area contributed by atoms with Gasteiger partial charge in [-0.25, -0.2) is 0 Å². The van der Waals surface area contributed by atoms with Crippen molar-refractivity contribution in [2.45, 2.75) is 50.7 Å². The predicted octanol–water partition coefficient (Wildman–Crippen LogP) is 0.994. The van der Waals surface area contributed by atoms with E-state index in [9.17, 15) is 5.11 Å². The first-order chi connectivity index (χ1) is 7.31. The second-order valence-electron chi connectivity index (χ2n) is 5.08. The zero-order valence-electron chi connectivity index (χ0n) is 9.44. The highest BCUT2D eigenvalue weighted by Gasteiger charge is 2.33. The lowest BCUT2D eigenvalue weighted by Gasteiger charge is -2.35. The molecule has 1 saturated carbocycles. The van der Waals surface area contributed by atoms with Crippen LogP contribution in [0.15, 0.2) is 0 Å². The van der Waals surface area contributed by atoms with Gasteiger partial charge in [0.1, 0.15) is 0 Å². The SMILES string of the molecule is OCCC1CCN([C@H]2CCCC[C@@H]2O)C1. The Morgan fingerprint density at radius 1 is 1.13 bits per heavy atom. The Kier molecular flexibility index (Phi) is 4.00. The van der Waals surface area contributed by atoms with Crippen molar-refractivity contribution >= 4 is 0 Å². The Labute approximate surface area is 92.1 Å². The van der Waals surface area contributed by atoms with E-state index in [1.165, 1.54) is 19.3 Å². The van der Waals surface area contributed by atoms with Gasteiger partial charge in [-0.2, -0.15) is 0 Å². The van der Waals surface area contributed by atoms with Crippen molar-refractivity contribution in [1.29, 1.82) is 0 Å². The smallest absolute Gasteiger partial charge is 0.0695 e. The second-order valence-corrected chi connectivity index (χ2v) is 5.08. The highest BCUT2D eigenvalue weighted by atomic mass is 16.3. The van der Waals surface area contributed by atoms with Crippen molar-refractivity contribution in [2.24, 2.45) is 5.92 Å².